The smallest absolute Gasteiger partial charge is 0.0629 e. The lowest BCUT2D eigenvalue weighted by Gasteiger charge is -1.92. The molecule has 14 heavy (non-hydrogen) atoms. The lowest BCUT2D eigenvalue weighted by molar-refractivity contribution is 1.53. The van der Waals surface area contributed by atoms with Crippen LogP contribution >= 0.6 is 0 Å². The van der Waals surface area contributed by atoms with Gasteiger partial charge < -0.3 is 0 Å². The Hall–Kier alpha value is -1.89. The van der Waals surface area contributed by atoms with Gasteiger partial charge in [-0.05, 0) is 17.7 Å². The Labute approximate surface area is 85.2 Å². The summed E-state index contributed by atoms with van der Waals surface area (Å²) in [6.07, 6.45) is 1.82. The third-order valence-corrected chi connectivity index (χ3v) is 1.86. The number of hydrogen-bond donors (Lipinski definition) is 0. The number of nitrogens with zero attached hydrogens (tertiary/aromatic N) is 1. The predicted molar refractivity (Wildman–Crippen MR) is 60.1 cm³/mol. The van der Waals surface area contributed by atoms with Crippen molar-refractivity contribution < 1.29 is 1.37 Å². The second-order valence-corrected chi connectivity index (χ2v) is 2.93. The molecule has 0 radical (unpaired) electrons. The summed E-state index contributed by atoms with van der Waals surface area (Å²) in [5, 5.41) is 0. The summed E-state index contributed by atoms with van der Waals surface area (Å²) in [7, 11) is 0. The highest BCUT2D eigenvalue weighted by molar-refractivity contribution is 5.81. The van der Waals surface area contributed by atoms with Gasteiger partial charge in [-0.15, -0.1) is 0 Å². The van der Waals surface area contributed by atoms with E-state index >= 15 is 0 Å². The molecule has 0 aliphatic heterocycles. The van der Waals surface area contributed by atoms with Crippen molar-refractivity contribution in [3.63, 3.8) is 0 Å². The normalized spacial score (nSPS) is 11.6. The number of benzene rings is 2. The highest BCUT2D eigenvalue weighted by atomic mass is 14.7. The molecule has 0 spiro atoms. The highest BCUT2D eigenvalue weighted by Crippen LogP contribution is 2.09. The summed E-state index contributed by atoms with van der Waals surface area (Å²) in [6.45, 7) is 0. The Morgan fingerprint density at radius 3 is 2.36 bits per heavy atom. The van der Waals surface area contributed by atoms with Crippen molar-refractivity contribution in [2.24, 2.45) is 4.99 Å². The van der Waals surface area contributed by atoms with Crippen molar-refractivity contribution in [3.05, 3.63) is 66.2 Å². The van der Waals surface area contributed by atoms with Gasteiger partial charge in [0.15, 0.2) is 0 Å². The number of aliphatic imine (C=N–C) groups is 1. The Kier molecular flexibility index (Phi) is 2.35. The Morgan fingerprint density at radius 1 is 0.929 bits per heavy atom. The molecule has 0 bridgehead atoms. The molecular weight excluding hydrogens is 170 g/mol. The Bertz CT molecular complexity index is 446. The first-order valence-corrected chi connectivity index (χ1v) is 4.50. The van der Waals surface area contributed by atoms with Crippen LogP contribution in [0.25, 0.3) is 0 Å². The lowest BCUT2D eigenvalue weighted by atomic mass is 10.2. The van der Waals surface area contributed by atoms with Crippen LogP contribution in [0.3, 0.4) is 0 Å². The molecule has 0 saturated carbocycles. The monoisotopic (exact) mass is 182 g/mol. The van der Waals surface area contributed by atoms with E-state index in [4.69, 9.17) is 1.37 Å². The minimum atomic E-state index is 0.508. The van der Waals surface area contributed by atoms with Crippen molar-refractivity contribution in [3.8, 4) is 0 Å². The lowest BCUT2D eigenvalue weighted by Crippen LogP contribution is -1.77. The maximum absolute atomic E-state index is 7.34. The van der Waals surface area contributed by atoms with Gasteiger partial charge in [0.25, 0.3) is 0 Å². The molecule has 0 aromatic heterocycles. The standard InChI is InChI=1S/C13H11N/c1-3-7-12(8-4-1)11-14-13-9-5-2-6-10-13/h1-11H/i2D. The van der Waals surface area contributed by atoms with Crippen LogP contribution in [0, 0.1) is 0 Å². The van der Waals surface area contributed by atoms with Gasteiger partial charge in [-0.3, -0.25) is 4.99 Å². The van der Waals surface area contributed by atoms with Gasteiger partial charge in [0, 0.05) is 6.21 Å². The van der Waals surface area contributed by atoms with Crippen LogP contribution in [0.2, 0.25) is 0 Å². The van der Waals surface area contributed by atoms with Gasteiger partial charge in [-0.25, -0.2) is 0 Å². The first kappa shape index (κ1) is 7.51. The number of para-hydroxylation sites is 1. The zero-order valence-corrected chi connectivity index (χ0v) is 7.72. The topological polar surface area (TPSA) is 12.4 Å². The predicted octanol–water partition coefficient (Wildman–Crippen LogP) is 3.44. The molecule has 2 rings (SSSR count). The van der Waals surface area contributed by atoms with Crippen LogP contribution in [0.4, 0.5) is 5.69 Å². The Morgan fingerprint density at radius 2 is 1.64 bits per heavy atom. The zero-order chi connectivity index (χ0) is 10.5. The molecule has 2 aromatic carbocycles. The van der Waals surface area contributed by atoms with Gasteiger partial charge in [0.05, 0.1) is 7.06 Å². The fourth-order valence-corrected chi connectivity index (χ4v) is 1.15. The zero-order valence-electron chi connectivity index (χ0n) is 8.72. The Balaban J connectivity index is 2.15. The number of hydrogen-bond acceptors (Lipinski definition) is 1. The highest BCUT2D eigenvalue weighted by Gasteiger charge is 1.85. The fourth-order valence-electron chi connectivity index (χ4n) is 1.15. The molecule has 2 aromatic rings. The van der Waals surface area contributed by atoms with Crippen LogP contribution in [-0.4, -0.2) is 6.21 Å². The van der Waals surface area contributed by atoms with Crippen molar-refractivity contribution in [1.82, 2.24) is 0 Å². The fraction of sp³-hybridized carbons (Fsp3) is 0. The summed E-state index contributed by atoms with van der Waals surface area (Å²) in [5.41, 5.74) is 1.95. The first-order chi connectivity index (χ1) is 7.34. The summed E-state index contributed by atoms with van der Waals surface area (Å²) in [6, 6.07) is 17.6. The van der Waals surface area contributed by atoms with E-state index in [0.29, 0.717) is 6.04 Å². The van der Waals surface area contributed by atoms with Crippen LogP contribution in [0.5, 0.6) is 0 Å². The van der Waals surface area contributed by atoms with E-state index in [1.165, 1.54) is 0 Å². The van der Waals surface area contributed by atoms with Gasteiger partial charge in [-0.1, -0.05) is 48.5 Å². The van der Waals surface area contributed by atoms with E-state index in [9.17, 15) is 0 Å². The van der Waals surface area contributed by atoms with Crippen LogP contribution in [-0.2, 0) is 0 Å². The third kappa shape index (κ3) is 2.30. The van der Waals surface area contributed by atoms with E-state index in [0.717, 1.165) is 11.3 Å². The van der Waals surface area contributed by atoms with E-state index in [-0.39, 0.29) is 0 Å². The van der Waals surface area contributed by atoms with Gasteiger partial charge >= 0.3 is 0 Å². The second-order valence-electron chi connectivity index (χ2n) is 2.93. The maximum Gasteiger partial charge on any atom is 0.0629 e. The number of rotatable bonds is 2. The molecule has 0 heterocycles. The van der Waals surface area contributed by atoms with Crippen LogP contribution in [0.1, 0.15) is 6.93 Å². The first-order valence-electron chi connectivity index (χ1n) is 5.00. The van der Waals surface area contributed by atoms with Gasteiger partial charge in [0.1, 0.15) is 0 Å². The molecular formula is C13H11N. The molecule has 0 fully saturated rings. The molecule has 0 saturated heterocycles. The summed E-state index contributed by atoms with van der Waals surface area (Å²) >= 11 is 0. The molecule has 0 N–H and O–H groups in total. The van der Waals surface area contributed by atoms with Crippen LogP contribution < -0.4 is 0 Å². The largest absolute Gasteiger partial charge is 0.256 e. The van der Waals surface area contributed by atoms with E-state index < -0.39 is 0 Å². The molecule has 0 amide bonds. The summed E-state index contributed by atoms with van der Waals surface area (Å²) in [4.78, 5) is 4.31. The molecule has 0 unspecified atom stereocenters. The van der Waals surface area contributed by atoms with Crippen LogP contribution in [0.15, 0.2) is 65.6 Å². The quantitative estimate of drug-likeness (QED) is 0.631. The summed E-state index contributed by atoms with van der Waals surface area (Å²) in [5.74, 6) is 0. The second kappa shape index (κ2) is 4.38. The average Bonchev–Trinajstić information content (AvgIpc) is 2.30. The van der Waals surface area contributed by atoms with E-state index in [2.05, 4.69) is 4.99 Å². The SMILES string of the molecule is [2H]c1ccc(N=Cc2ccccc2)cc1. The maximum atomic E-state index is 7.34. The minimum absolute atomic E-state index is 0.508. The van der Waals surface area contributed by atoms with Crippen molar-refractivity contribution in [1.29, 1.82) is 0 Å². The van der Waals surface area contributed by atoms with E-state index in [1.807, 2.05) is 48.7 Å². The summed E-state index contributed by atoms with van der Waals surface area (Å²) < 4.78 is 7.34. The molecule has 68 valence electrons. The minimum Gasteiger partial charge on any atom is -0.256 e. The van der Waals surface area contributed by atoms with E-state index in [1.54, 1.807) is 12.1 Å². The molecule has 0 aliphatic carbocycles. The van der Waals surface area contributed by atoms with Crippen molar-refractivity contribution in [2.75, 3.05) is 0 Å². The molecule has 1 heteroatoms. The third-order valence-electron chi connectivity index (χ3n) is 1.86. The van der Waals surface area contributed by atoms with Crippen molar-refractivity contribution >= 4 is 11.9 Å². The average molecular weight is 182 g/mol. The molecule has 0 aliphatic rings. The van der Waals surface area contributed by atoms with Gasteiger partial charge in [-0.2, -0.15) is 0 Å². The molecule has 1 nitrogen and oxygen atoms in total. The van der Waals surface area contributed by atoms with Crippen molar-refractivity contribution in [2.45, 2.75) is 0 Å². The van der Waals surface area contributed by atoms with Gasteiger partial charge in [0.2, 0.25) is 0 Å². The molecule has 0 atom stereocenters.